The first-order valence-electron chi connectivity index (χ1n) is 10.1. The van der Waals surface area contributed by atoms with Crippen LogP contribution in [0.4, 0.5) is 0 Å². The number of nitrogens with one attached hydrogen (secondary N) is 1. The fourth-order valence-electron chi connectivity index (χ4n) is 3.63. The summed E-state index contributed by atoms with van der Waals surface area (Å²) >= 11 is 0. The molecule has 0 radical (unpaired) electrons. The minimum Gasteiger partial charge on any atom is -0.427 e. The number of hydrogen-bond donors (Lipinski definition) is 1. The molecule has 7 heteroatoms. The molecular formula is C21H30N4O3. The fraction of sp³-hybridized carbons (Fsp3) is 0.571. The van der Waals surface area contributed by atoms with Gasteiger partial charge in [-0.25, -0.2) is 4.79 Å². The highest BCUT2D eigenvalue weighted by Crippen LogP contribution is 2.24. The monoisotopic (exact) mass is 386 g/mol. The summed E-state index contributed by atoms with van der Waals surface area (Å²) in [6, 6.07) is 2.12. The Balaban J connectivity index is 1.81. The second kappa shape index (κ2) is 8.73. The second-order valence-electron chi connectivity index (χ2n) is 7.78. The summed E-state index contributed by atoms with van der Waals surface area (Å²) in [6.45, 7) is 10.5. The van der Waals surface area contributed by atoms with E-state index in [4.69, 9.17) is 4.42 Å². The molecule has 3 rings (SSSR count). The molecule has 7 nitrogen and oxygen atoms in total. The van der Waals surface area contributed by atoms with Gasteiger partial charge in [0.25, 0.3) is 5.91 Å². The zero-order valence-electron chi connectivity index (χ0n) is 17.2. The van der Waals surface area contributed by atoms with Gasteiger partial charge < -0.3 is 14.6 Å². The van der Waals surface area contributed by atoms with Crippen LogP contribution in [-0.4, -0.2) is 40.2 Å². The molecule has 28 heavy (non-hydrogen) atoms. The van der Waals surface area contributed by atoms with Crippen molar-refractivity contribution < 1.29 is 9.21 Å². The lowest BCUT2D eigenvalue weighted by Crippen LogP contribution is -2.35. The van der Waals surface area contributed by atoms with E-state index in [0.717, 1.165) is 31.5 Å². The topological polar surface area (TPSA) is 80.4 Å². The van der Waals surface area contributed by atoms with Gasteiger partial charge in [-0.3, -0.25) is 9.48 Å². The van der Waals surface area contributed by atoms with Gasteiger partial charge in [-0.05, 0) is 58.7 Å². The van der Waals surface area contributed by atoms with Crippen LogP contribution in [0.5, 0.6) is 0 Å². The number of aryl methyl sites for hydroxylation is 1. The molecule has 1 saturated heterocycles. The van der Waals surface area contributed by atoms with Crippen LogP contribution in [0.1, 0.15) is 72.8 Å². The van der Waals surface area contributed by atoms with E-state index in [1.165, 1.54) is 0 Å². The van der Waals surface area contributed by atoms with Crippen LogP contribution in [0, 0.1) is 6.92 Å². The van der Waals surface area contributed by atoms with Crippen molar-refractivity contribution in [3.63, 3.8) is 0 Å². The zero-order valence-corrected chi connectivity index (χ0v) is 17.2. The molecule has 0 bridgehead atoms. The van der Waals surface area contributed by atoms with E-state index in [1.54, 1.807) is 11.1 Å². The van der Waals surface area contributed by atoms with Crippen molar-refractivity contribution in [2.75, 3.05) is 19.6 Å². The minimum absolute atomic E-state index is 0.130. The molecule has 1 amide bonds. The van der Waals surface area contributed by atoms with Gasteiger partial charge in [-0.15, -0.1) is 0 Å². The highest BCUT2D eigenvalue weighted by atomic mass is 16.4. The van der Waals surface area contributed by atoms with E-state index in [2.05, 4.69) is 24.3 Å². The van der Waals surface area contributed by atoms with Crippen LogP contribution in [-0.2, 0) is 6.54 Å². The standard InChI is InChI=1S/C21H30N4O3/c1-5-24(12-16-10-23-25(13-16)14(2)3)20(26)19-15(4)9-18(28-21(19)27)17-7-6-8-22-11-17/h9-10,13-14,17,22H,5-8,11-12H2,1-4H3. The third-order valence-corrected chi connectivity index (χ3v) is 5.31. The normalized spacial score (nSPS) is 17.1. The third kappa shape index (κ3) is 4.35. The molecule has 1 N–H and O–H groups in total. The van der Waals surface area contributed by atoms with E-state index < -0.39 is 5.63 Å². The number of hydrogen-bond acceptors (Lipinski definition) is 5. The Morgan fingerprint density at radius 3 is 2.82 bits per heavy atom. The van der Waals surface area contributed by atoms with Crippen LogP contribution in [0.2, 0.25) is 0 Å². The smallest absolute Gasteiger partial charge is 0.349 e. The largest absolute Gasteiger partial charge is 0.427 e. The van der Waals surface area contributed by atoms with Crippen molar-refractivity contribution in [1.29, 1.82) is 0 Å². The molecule has 0 saturated carbocycles. The third-order valence-electron chi connectivity index (χ3n) is 5.31. The number of rotatable bonds is 6. The van der Waals surface area contributed by atoms with Gasteiger partial charge in [0, 0.05) is 43.4 Å². The number of amides is 1. The van der Waals surface area contributed by atoms with Crippen molar-refractivity contribution in [2.45, 2.75) is 59.0 Å². The van der Waals surface area contributed by atoms with Crippen molar-refractivity contribution in [2.24, 2.45) is 0 Å². The molecule has 0 aromatic carbocycles. The first-order chi connectivity index (χ1) is 13.4. The fourth-order valence-corrected chi connectivity index (χ4v) is 3.63. The molecule has 1 aliphatic heterocycles. The molecule has 3 heterocycles. The number of carbonyl (C=O) groups is 1. The second-order valence-corrected chi connectivity index (χ2v) is 7.78. The molecule has 1 unspecified atom stereocenters. The van der Waals surface area contributed by atoms with Crippen LogP contribution < -0.4 is 10.9 Å². The van der Waals surface area contributed by atoms with E-state index >= 15 is 0 Å². The number of nitrogens with zero attached hydrogens (tertiary/aromatic N) is 3. The Morgan fingerprint density at radius 2 is 2.25 bits per heavy atom. The van der Waals surface area contributed by atoms with Gasteiger partial charge >= 0.3 is 5.63 Å². The van der Waals surface area contributed by atoms with E-state index in [-0.39, 0.29) is 23.4 Å². The molecule has 1 aliphatic rings. The Bertz CT molecular complexity index is 878. The maximum atomic E-state index is 13.1. The highest BCUT2D eigenvalue weighted by Gasteiger charge is 2.25. The molecule has 2 aromatic rings. The molecule has 1 atom stereocenters. The predicted molar refractivity (Wildman–Crippen MR) is 108 cm³/mol. The van der Waals surface area contributed by atoms with Crippen molar-refractivity contribution >= 4 is 5.91 Å². The maximum absolute atomic E-state index is 13.1. The van der Waals surface area contributed by atoms with Crippen LogP contribution in [0.15, 0.2) is 27.7 Å². The molecule has 2 aromatic heterocycles. The summed E-state index contributed by atoms with van der Waals surface area (Å²) in [5.41, 5.74) is 1.21. The molecule has 0 aliphatic carbocycles. The van der Waals surface area contributed by atoms with Gasteiger partial charge in [-0.2, -0.15) is 5.10 Å². The Labute approximate surface area is 165 Å². The molecule has 1 fully saturated rings. The van der Waals surface area contributed by atoms with Crippen LogP contribution >= 0.6 is 0 Å². The van der Waals surface area contributed by atoms with Gasteiger partial charge in [0.05, 0.1) is 6.20 Å². The van der Waals surface area contributed by atoms with Crippen LogP contribution in [0.25, 0.3) is 0 Å². The number of piperidine rings is 1. The summed E-state index contributed by atoms with van der Waals surface area (Å²) in [5, 5.41) is 7.66. The molecule has 0 spiro atoms. The maximum Gasteiger partial charge on any atom is 0.349 e. The summed E-state index contributed by atoms with van der Waals surface area (Å²) in [5.74, 6) is 0.570. The molecule has 152 valence electrons. The van der Waals surface area contributed by atoms with Gasteiger partial charge in [0.1, 0.15) is 11.3 Å². The SMILES string of the molecule is CCN(Cc1cnn(C(C)C)c1)C(=O)c1c(C)cc(C2CCCNC2)oc1=O. The summed E-state index contributed by atoms with van der Waals surface area (Å²) in [7, 11) is 0. The van der Waals surface area contributed by atoms with Crippen molar-refractivity contribution in [3.05, 3.63) is 51.3 Å². The van der Waals surface area contributed by atoms with Gasteiger partial charge in [0.2, 0.25) is 0 Å². The lowest BCUT2D eigenvalue weighted by atomic mass is 9.95. The highest BCUT2D eigenvalue weighted by molar-refractivity contribution is 5.95. The Kier molecular flexibility index (Phi) is 6.34. The van der Waals surface area contributed by atoms with Crippen molar-refractivity contribution in [3.8, 4) is 0 Å². The van der Waals surface area contributed by atoms with Gasteiger partial charge in [-0.1, -0.05) is 0 Å². The predicted octanol–water partition coefficient (Wildman–Crippen LogP) is 2.85. The van der Waals surface area contributed by atoms with E-state index in [1.807, 2.05) is 30.8 Å². The zero-order chi connectivity index (χ0) is 20.3. The minimum atomic E-state index is -0.540. The quantitative estimate of drug-likeness (QED) is 0.826. The Morgan fingerprint density at radius 1 is 1.46 bits per heavy atom. The van der Waals surface area contributed by atoms with Gasteiger partial charge in [0.15, 0.2) is 0 Å². The first kappa shape index (κ1) is 20.3. The van der Waals surface area contributed by atoms with Crippen molar-refractivity contribution in [1.82, 2.24) is 20.0 Å². The van der Waals surface area contributed by atoms with E-state index in [9.17, 15) is 9.59 Å². The summed E-state index contributed by atoms with van der Waals surface area (Å²) in [4.78, 5) is 27.4. The number of aromatic nitrogens is 2. The first-order valence-corrected chi connectivity index (χ1v) is 10.1. The lowest BCUT2D eigenvalue weighted by Gasteiger charge is -2.23. The summed E-state index contributed by atoms with van der Waals surface area (Å²) in [6.07, 6.45) is 5.75. The molecular weight excluding hydrogens is 356 g/mol. The van der Waals surface area contributed by atoms with Crippen LogP contribution in [0.3, 0.4) is 0 Å². The van der Waals surface area contributed by atoms with E-state index in [0.29, 0.717) is 24.4 Å². The lowest BCUT2D eigenvalue weighted by molar-refractivity contribution is 0.0746. The Hall–Kier alpha value is -2.41. The average molecular weight is 386 g/mol. The number of carbonyl (C=O) groups excluding carboxylic acids is 1. The summed E-state index contributed by atoms with van der Waals surface area (Å²) < 4.78 is 7.43. The average Bonchev–Trinajstić information content (AvgIpc) is 3.15.